The number of hydrogen-bond donors (Lipinski definition) is 0. The van der Waals surface area contributed by atoms with Crippen molar-refractivity contribution in [3.63, 3.8) is 0 Å². The van der Waals surface area contributed by atoms with E-state index in [0.29, 0.717) is 0 Å². The summed E-state index contributed by atoms with van der Waals surface area (Å²) in [6.45, 7) is 16.2. The second-order valence-corrected chi connectivity index (χ2v) is 7.25. The van der Waals surface area contributed by atoms with E-state index >= 15 is 0 Å². The van der Waals surface area contributed by atoms with Crippen LogP contribution in [0.5, 0.6) is 0 Å². The molecular weight excluding hydrogens is 226 g/mol. The first-order valence-electron chi connectivity index (χ1n) is 6.81. The number of piperazine rings is 1. The van der Waals surface area contributed by atoms with Crippen molar-refractivity contribution in [1.82, 2.24) is 14.7 Å². The molecule has 0 saturated carbocycles. The zero-order chi connectivity index (χ0) is 14.1. The van der Waals surface area contributed by atoms with E-state index in [1.165, 1.54) is 0 Å². The van der Waals surface area contributed by atoms with Crippen molar-refractivity contribution < 1.29 is 4.79 Å². The molecule has 0 aromatic carbocycles. The van der Waals surface area contributed by atoms with Crippen LogP contribution in [-0.2, 0) is 0 Å². The maximum atomic E-state index is 12.7. The summed E-state index contributed by atoms with van der Waals surface area (Å²) in [5, 5.41) is 0. The van der Waals surface area contributed by atoms with E-state index in [1.54, 1.807) is 0 Å². The van der Waals surface area contributed by atoms with Gasteiger partial charge in [0.05, 0.1) is 0 Å². The van der Waals surface area contributed by atoms with Crippen LogP contribution in [0.3, 0.4) is 0 Å². The first kappa shape index (κ1) is 15.3. The summed E-state index contributed by atoms with van der Waals surface area (Å²) < 4.78 is 0. The number of nitrogens with zero attached hydrogens (tertiary/aromatic N) is 3. The predicted molar refractivity (Wildman–Crippen MR) is 75.8 cm³/mol. The normalized spacial score (nSPS) is 18.9. The monoisotopic (exact) mass is 255 g/mol. The Labute approximate surface area is 112 Å². The Morgan fingerprint density at radius 3 is 1.61 bits per heavy atom. The van der Waals surface area contributed by atoms with Crippen LogP contribution in [0.25, 0.3) is 0 Å². The maximum Gasteiger partial charge on any atom is 0.320 e. The fourth-order valence-corrected chi connectivity index (χ4v) is 2.72. The highest BCUT2D eigenvalue weighted by Gasteiger charge is 2.38. The van der Waals surface area contributed by atoms with Gasteiger partial charge in [-0.1, -0.05) is 0 Å². The second-order valence-electron chi connectivity index (χ2n) is 7.25. The van der Waals surface area contributed by atoms with E-state index in [9.17, 15) is 4.79 Å². The topological polar surface area (TPSA) is 26.8 Å². The Balaban J connectivity index is 2.84. The number of hydrogen-bond acceptors (Lipinski definition) is 2. The van der Waals surface area contributed by atoms with Crippen LogP contribution in [0, 0.1) is 0 Å². The zero-order valence-electron chi connectivity index (χ0n) is 13.1. The van der Waals surface area contributed by atoms with E-state index in [-0.39, 0.29) is 17.1 Å². The van der Waals surface area contributed by atoms with Crippen LogP contribution in [0.15, 0.2) is 0 Å². The van der Waals surface area contributed by atoms with Gasteiger partial charge in [0.1, 0.15) is 0 Å². The molecule has 0 N–H and O–H groups in total. The van der Waals surface area contributed by atoms with Gasteiger partial charge in [-0.3, -0.25) is 0 Å². The maximum absolute atomic E-state index is 12.7. The van der Waals surface area contributed by atoms with E-state index in [4.69, 9.17) is 0 Å². The fourth-order valence-electron chi connectivity index (χ4n) is 2.72. The minimum absolute atomic E-state index is 0.154. The van der Waals surface area contributed by atoms with E-state index in [1.807, 2.05) is 9.80 Å². The van der Waals surface area contributed by atoms with Gasteiger partial charge in [0.2, 0.25) is 0 Å². The van der Waals surface area contributed by atoms with Crippen LogP contribution in [-0.4, -0.2) is 65.0 Å². The lowest BCUT2D eigenvalue weighted by Crippen LogP contribution is -2.61. The van der Waals surface area contributed by atoms with Crippen molar-refractivity contribution in [3.05, 3.63) is 0 Å². The zero-order valence-corrected chi connectivity index (χ0v) is 13.1. The molecule has 2 amide bonds. The molecule has 0 radical (unpaired) electrons. The Morgan fingerprint density at radius 2 is 1.28 bits per heavy atom. The lowest BCUT2D eigenvalue weighted by Gasteiger charge is -2.48. The summed E-state index contributed by atoms with van der Waals surface area (Å²) in [7, 11) is 2.10. The summed E-state index contributed by atoms with van der Waals surface area (Å²) in [4.78, 5) is 19.0. The van der Waals surface area contributed by atoms with Crippen LogP contribution in [0.1, 0.15) is 41.5 Å². The molecule has 1 heterocycles. The number of carbonyl (C=O) groups is 1. The molecule has 0 spiro atoms. The van der Waals surface area contributed by atoms with Gasteiger partial charge in [-0.25, -0.2) is 4.79 Å². The molecule has 0 aliphatic carbocycles. The minimum atomic E-state index is -0.154. The largest absolute Gasteiger partial charge is 0.322 e. The molecule has 1 rings (SSSR count). The molecule has 4 nitrogen and oxygen atoms in total. The lowest BCUT2D eigenvalue weighted by atomic mass is 9.96. The average Bonchev–Trinajstić information content (AvgIpc) is 2.13. The Kier molecular flexibility index (Phi) is 4.31. The molecule has 0 aromatic heterocycles. The number of likely N-dealkylation sites (N-methyl/N-ethyl adjacent to an activating group) is 1. The van der Waals surface area contributed by atoms with E-state index < -0.39 is 0 Å². The van der Waals surface area contributed by atoms with Gasteiger partial charge in [-0.15, -0.1) is 0 Å². The first-order valence-corrected chi connectivity index (χ1v) is 6.81. The van der Waals surface area contributed by atoms with Crippen molar-refractivity contribution in [2.75, 3.05) is 33.2 Å². The van der Waals surface area contributed by atoms with Crippen molar-refractivity contribution in [2.24, 2.45) is 0 Å². The standard InChI is InChI=1S/C14H29N3O/c1-13(2,3)17(14(4,5)6)12(18)16-10-8-15(7)9-11-16/h8-11H2,1-7H3. The smallest absolute Gasteiger partial charge is 0.320 e. The highest BCUT2D eigenvalue weighted by Crippen LogP contribution is 2.26. The first-order chi connectivity index (χ1) is 8.03. The van der Waals surface area contributed by atoms with Crippen molar-refractivity contribution in [2.45, 2.75) is 52.6 Å². The SMILES string of the molecule is CN1CCN(C(=O)N(C(C)(C)C)C(C)(C)C)CC1. The van der Waals surface area contributed by atoms with Gasteiger partial charge in [0.15, 0.2) is 0 Å². The molecule has 0 atom stereocenters. The molecule has 0 unspecified atom stereocenters. The molecule has 1 aliphatic rings. The van der Waals surface area contributed by atoms with Gasteiger partial charge >= 0.3 is 6.03 Å². The quantitative estimate of drug-likeness (QED) is 0.664. The Bertz CT molecular complexity index is 279. The third-order valence-corrected chi connectivity index (χ3v) is 3.31. The molecule has 0 bridgehead atoms. The molecule has 0 aromatic rings. The fraction of sp³-hybridized carbons (Fsp3) is 0.929. The number of rotatable bonds is 0. The van der Waals surface area contributed by atoms with Gasteiger partial charge in [0, 0.05) is 37.3 Å². The molecule has 1 fully saturated rings. The predicted octanol–water partition coefficient (Wildman–Crippen LogP) is 2.25. The summed E-state index contributed by atoms with van der Waals surface area (Å²) in [5.74, 6) is 0. The van der Waals surface area contributed by atoms with Crippen LogP contribution < -0.4 is 0 Å². The van der Waals surface area contributed by atoms with Crippen molar-refractivity contribution >= 4 is 6.03 Å². The second kappa shape index (κ2) is 5.08. The van der Waals surface area contributed by atoms with E-state index in [2.05, 4.69) is 53.5 Å². The van der Waals surface area contributed by atoms with Gasteiger partial charge in [-0.05, 0) is 48.6 Å². The molecule has 106 valence electrons. The lowest BCUT2D eigenvalue weighted by molar-refractivity contribution is 0.0409. The molecule has 1 aliphatic heterocycles. The summed E-state index contributed by atoms with van der Waals surface area (Å²) in [6.07, 6.45) is 0. The third-order valence-electron chi connectivity index (χ3n) is 3.31. The average molecular weight is 255 g/mol. The number of urea groups is 1. The molecular formula is C14H29N3O. The van der Waals surface area contributed by atoms with Gasteiger partial charge < -0.3 is 14.7 Å². The summed E-state index contributed by atoms with van der Waals surface area (Å²) in [5.41, 5.74) is -0.308. The van der Waals surface area contributed by atoms with Gasteiger partial charge in [-0.2, -0.15) is 0 Å². The third kappa shape index (κ3) is 3.61. The Hall–Kier alpha value is -0.770. The van der Waals surface area contributed by atoms with Crippen molar-refractivity contribution in [3.8, 4) is 0 Å². The van der Waals surface area contributed by atoms with E-state index in [0.717, 1.165) is 26.2 Å². The molecule has 18 heavy (non-hydrogen) atoms. The highest BCUT2D eigenvalue weighted by atomic mass is 16.2. The molecule has 4 heteroatoms. The highest BCUT2D eigenvalue weighted by molar-refractivity contribution is 5.76. The molecule has 1 saturated heterocycles. The van der Waals surface area contributed by atoms with Crippen molar-refractivity contribution in [1.29, 1.82) is 0 Å². The summed E-state index contributed by atoms with van der Waals surface area (Å²) >= 11 is 0. The summed E-state index contributed by atoms with van der Waals surface area (Å²) in [6, 6.07) is 0.170. The Morgan fingerprint density at radius 1 is 0.889 bits per heavy atom. The van der Waals surface area contributed by atoms with Crippen LogP contribution >= 0.6 is 0 Å². The van der Waals surface area contributed by atoms with Gasteiger partial charge in [0.25, 0.3) is 0 Å². The van der Waals surface area contributed by atoms with Crippen LogP contribution in [0.2, 0.25) is 0 Å². The minimum Gasteiger partial charge on any atom is -0.322 e. The number of carbonyl (C=O) groups excluding carboxylic acids is 1. The number of amides is 2. The van der Waals surface area contributed by atoms with Crippen LogP contribution in [0.4, 0.5) is 4.79 Å².